The Morgan fingerprint density at radius 1 is 1.33 bits per heavy atom. The second-order valence-corrected chi connectivity index (χ2v) is 4.51. The molecule has 0 amide bonds. The highest BCUT2D eigenvalue weighted by Crippen LogP contribution is 2.23. The van der Waals surface area contributed by atoms with E-state index >= 15 is 0 Å². The van der Waals surface area contributed by atoms with Gasteiger partial charge in [-0.2, -0.15) is 0 Å². The lowest BCUT2D eigenvalue weighted by Gasteiger charge is -2.26. The van der Waals surface area contributed by atoms with E-state index in [9.17, 15) is 4.79 Å². The van der Waals surface area contributed by atoms with Gasteiger partial charge < -0.3 is 5.11 Å². The highest BCUT2D eigenvalue weighted by atomic mass is 16.4. The van der Waals surface area contributed by atoms with Crippen LogP contribution in [-0.4, -0.2) is 35.1 Å². The molecule has 0 spiro atoms. The van der Waals surface area contributed by atoms with E-state index < -0.39 is 5.97 Å². The number of nitrogens with zero attached hydrogens (tertiary/aromatic N) is 1. The minimum Gasteiger partial charge on any atom is -0.480 e. The molecule has 1 aliphatic rings. The maximum absolute atomic E-state index is 10.8. The molecule has 88 valence electrons. The fourth-order valence-corrected chi connectivity index (χ4v) is 2.40. The van der Waals surface area contributed by atoms with Crippen molar-refractivity contribution in [1.29, 1.82) is 0 Å². The molecule has 0 atom stereocenters. The van der Waals surface area contributed by atoms with Crippen molar-refractivity contribution in [3.8, 4) is 0 Å². The first kappa shape index (κ1) is 12.5. The summed E-state index contributed by atoms with van der Waals surface area (Å²) in [6.45, 7) is 3.37. The third-order valence-corrected chi connectivity index (χ3v) is 3.23. The first-order valence-electron chi connectivity index (χ1n) is 6.20. The maximum atomic E-state index is 10.8. The molecular weight excluding hydrogens is 190 g/mol. The third-order valence-electron chi connectivity index (χ3n) is 3.23. The van der Waals surface area contributed by atoms with E-state index in [0.29, 0.717) is 6.04 Å². The number of carboxylic acids is 1. The Kier molecular flexibility index (Phi) is 5.69. The quantitative estimate of drug-likeness (QED) is 0.661. The molecule has 3 nitrogen and oxygen atoms in total. The number of rotatable bonds is 7. The van der Waals surface area contributed by atoms with Crippen LogP contribution in [0.3, 0.4) is 0 Å². The lowest BCUT2D eigenvalue weighted by atomic mass is 10.1. The molecule has 1 aliphatic carbocycles. The van der Waals surface area contributed by atoms with Crippen LogP contribution in [0, 0.1) is 0 Å². The van der Waals surface area contributed by atoms with Crippen molar-refractivity contribution in [1.82, 2.24) is 4.90 Å². The number of carboxylic acid groups (broad SMARTS) is 1. The lowest BCUT2D eigenvalue weighted by molar-refractivity contribution is -0.138. The van der Waals surface area contributed by atoms with Crippen LogP contribution in [-0.2, 0) is 4.79 Å². The molecule has 1 N–H and O–H groups in total. The van der Waals surface area contributed by atoms with E-state index in [1.165, 1.54) is 38.5 Å². The molecule has 15 heavy (non-hydrogen) atoms. The van der Waals surface area contributed by atoms with E-state index in [0.717, 1.165) is 13.0 Å². The first-order valence-corrected chi connectivity index (χ1v) is 6.20. The van der Waals surface area contributed by atoms with Crippen molar-refractivity contribution in [3.63, 3.8) is 0 Å². The van der Waals surface area contributed by atoms with Crippen LogP contribution in [0.4, 0.5) is 0 Å². The summed E-state index contributed by atoms with van der Waals surface area (Å²) in [6, 6.07) is 0.540. The van der Waals surface area contributed by atoms with Gasteiger partial charge in [0, 0.05) is 6.04 Å². The minimum atomic E-state index is -0.682. The molecule has 1 saturated carbocycles. The molecular formula is C12H23NO2. The van der Waals surface area contributed by atoms with E-state index in [2.05, 4.69) is 11.8 Å². The van der Waals surface area contributed by atoms with Crippen LogP contribution in [0.5, 0.6) is 0 Å². The molecule has 0 heterocycles. The highest BCUT2D eigenvalue weighted by Gasteiger charge is 2.23. The zero-order valence-corrected chi connectivity index (χ0v) is 9.74. The van der Waals surface area contributed by atoms with Crippen LogP contribution >= 0.6 is 0 Å². The number of hydrogen-bond donors (Lipinski definition) is 1. The number of hydrogen-bond acceptors (Lipinski definition) is 2. The molecule has 0 saturated heterocycles. The van der Waals surface area contributed by atoms with Crippen molar-refractivity contribution < 1.29 is 9.90 Å². The molecule has 1 fully saturated rings. The predicted molar refractivity (Wildman–Crippen MR) is 61.0 cm³/mol. The highest BCUT2D eigenvalue weighted by molar-refractivity contribution is 5.69. The molecule has 0 aromatic carbocycles. The first-order chi connectivity index (χ1) is 7.24. The Morgan fingerprint density at radius 2 is 2.00 bits per heavy atom. The molecule has 0 aromatic rings. The van der Waals surface area contributed by atoms with Gasteiger partial charge in [0.15, 0.2) is 0 Å². The number of aliphatic carboxylic acids is 1. The Hall–Kier alpha value is -0.570. The zero-order chi connectivity index (χ0) is 11.1. The van der Waals surface area contributed by atoms with Crippen molar-refractivity contribution in [2.24, 2.45) is 0 Å². The molecule has 3 heteroatoms. The summed E-state index contributed by atoms with van der Waals surface area (Å²) in [6.07, 6.45) is 8.48. The topological polar surface area (TPSA) is 40.5 Å². The maximum Gasteiger partial charge on any atom is 0.317 e. The molecule has 0 unspecified atom stereocenters. The van der Waals surface area contributed by atoms with E-state index in [1.807, 2.05) is 0 Å². The largest absolute Gasteiger partial charge is 0.480 e. The van der Waals surface area contributed by atoms with Crippen LogP contribution in [0.2, 0.25) is 0 Å². The summed E-state index contributed by atoms with van der Waals surface area (Å²) < 4.78 is 0. The number of unbranched alkanes of at least 4 members (excludes halogenated alkanes) is 2. The Labute approximate surface area is 92.5 Å². The van der Waals surface area contributed by atoms with Gasteiger partial charge in [-0.3, -0.25) is 9.69 Å². The fourth-order valence-electron chi connectivity index (χ4n) is 2.40. The van der Waals surface area contributed by atoms with Gasteiger partial charge in [-0.15, -0.1) is 0 Å². The smallest absolute Gasteiger partial charge is 0.317 e. The molecule has 0 radical (unpaired) electrons. The molecule has 1 rings (SSSR count). The van der Waals surface area contributed by atoms with Crippen molar-refractivity contribution in [3.05, 3.63) is 0 Å². The third kappa shape index (κ3) is 4.65. The molecule has 0 bridgehead atoms. The van der Waals surface area contributed by atoms with Gasteiger partial charge in [-0.1, -0.05) is 32.6 Å². The SMILES string of the molecule is CCCCCN(CC(=O)O)C1CCCC1. The van der Waals surface area contributed by atoms with Crippen molar-refractivity contribution >= 4 is 5.97 Å². The Balaban J connectivity index is 2.33. The van der Waals surface area contributed by atoms with Crippen molar-refractivity contribution in [2.45, 2.75) is 57.9 Å². The van der Waals surface area contributed by atoms with Gasteiger partial charge in [0.1, 0.15) is 0 Å². The van der Waals surface area contributed by atoms with Gasteiger partial charge in [-0.05, 0) is 25.8 Å². The van der Waals surface area contributed by atoms with Gasteiger partial charge in [0.25, 0.3) is 0 Å². The van der Waals surface area contributed by atoms with Gasteiger partial charge in [0.05, 0.1) is 6.54 Å². The van der Waals surface area contributed by atoms with E-state index in [1.54, 1.807) is 0 Å². The summed E-state index contributed by atoms with van der Waals surface area (Å²) in [4.78, 5) is 12.9. The second-order valence-electron chi connectivity index (χ2n) is 4.51. The predicted octanol–water partition coefficient (Wildman–Crippen LogP) is 2.51. The lowest BCUT2D eigenvalue weighted by Crippen LogP contribution is -2.38. The molecule has 0 aromatic heterocycles. The Morgan fingerprint density at radius 3 is 2.53 bits per heavy atom. The van der Waals surface area contributed by atoms with Crippen LogP contribution in [0.25, 0.3) is 0 Å². The normalized spacial score (nSPS) is 17.5. The Bertz CT molecular complexity index is 188. The average molecular weight is 213 g/mol. The standard InChI is InChI=1S/C12H23NO2/c1-2-3-6-9-13(10-12(14)15)11-7-4-5-8-11/h11H,2-10H2,1H3,(H,14,15). The summed E-state index contributed by atoms with van der Waals surface area (Å²) in [5, 5.41) is 8.86. The van der Waals surface area contributed by atoms with Gasteiger partial charge >= 0.3 is 5.97 Å². The van der Waals surface area contributed by atoms with Crippen LogP contribution < -0.4 is 0 Å². The monoisotopic (exact) mass is 213 g/mol. The summed E-state index contributed by atoms with van der Waals surface area (Å²) in [5.74, 6) is -0.682. The number of carbonyl (C=O) groups is 1. The average Bonchev–Trinajstić information content (AvgIpc) is 2.68. The second kappa shape index (κ2) is 6.83. The summed E-state index contributed by atoms with van der Waals surface area (Å²) in [7, 11) is 0. The van der Waals surface area contributed by atoms with E-state index in [-0.39, 0.29) is 6.54 Å². The van der Waals surface area contributed by atoms with E-state index in [4.69, 9.17) is 5.11 Å². The minimum absolute atomic E-state index is 0.231. The van der Waals surface area contributed by atoms with Gasteiger partial charge in [0.2, 0.25) is 0 Å². The van der Waals surface area contributed by atoms with Gasteiger partial charge in [-0.25, -0.2) is 0 Å². The van der Waals surface area contributed by atoms with Crippen LogP contribution in [0.15, 0.2) is 0 Å². The zero-order valence-electron chi connectivity index (χ0n) is 9.74. The summed E-state index contributed by atoms with van der Waals surface area (Å²) in [5.41, 5.74) is 0. The van der Waals surface area contributed by atoms with Crippen LogP contribution in [0.1, 0.15) is 51.9 Å². The fraction of sp³-hybridized carbons (Fsp3) is 0.917. The summed E-state index contributed by atoms with van der Waals surface area (Å²) >= 11 is 0. The van der Waals surface area contributed by atoms with Crippen molar-refractivity contribution in [2.75, 3.05) is 13.1 Å². The molecule has 0 aliphatic heterocycles.